The molecule has 1 fully saturated rings. The van der Waals surface area contributed by atoms with Crippen molar-refractivity contribution in [3.63, 3.8) is 0 Å². The summed E-state index contributed by atoms with van der Waals surface area (Å²) in [4.78, 5) is 0. The molecule has 0 unspecified atom stereocenters. The Kier molecular flexibility index (Phi) is 3.20. The average Bonchev–Trinajstić information content (AvgIpc) is 3.16. The number of phenols is 1. The molecule has 5 nitrogen and oxygen atoms in total. The predicted octanol–water partition coefficient (Wildman–Crippen LogP) is 2.61. The molecule has 1 aromatic carbocycles. The smallest absolute Gasteiger partial charge is 0.416 e. The molecule has 3 rings (SSSR count). The van der Waals surface area contributed by atoms with E-state index < -0.39 is 32.8 Å². The minimum absolute atomic E-state index is 0.0882. The zero-order valence-corrected chi connectivity index (χ0v) is 11.9. The third-order valence-electron chi connectivity index (χ3n) is 3.40. The molecule has 0 spiro atoms. The van der Waals surface area contributed by atoms with Gasteiger partial charge in [0.15, 0.2) is 0 Å². The van der Waals surface area contributed by atoms with Crippen LogP contribution in [0.3, 0.4) is 0 Å². The van der Waals surface area contributed by atoms with E-state index in [1.54, 1.807) is 0 Å². The summed E-state index contributed by atoms with van der Waals surface area (Å²) in [5, 5.41) is 13.0. The fourth-order valence-corrected chi connectivity index (χ4v) is 3.53. The molecule has 0 aliphatic heterocycles. The number of hydrogen-bond acceptors (Lipinski definition) is 4. The van der Waals surface area contributed by atoms with Gasteiger partial charge in [0, 0.05) is 11.1 Å². The van der Waals surface area contributed by atoms with Crippen molar-refractivity contribution in [2.45, 2.75) is 24.3 Å². The molecule has 9 heteroatoms. The van der Waals surface area contributed by atoms with E-state index in [0.717, 1.165) is 16.2 Å². The molecule has 1 heterocycles. The molecule has 0 amide bonds. The number of aromatic hydroxyl groups is 1. The van der Waals surface area contributed by atoms with Gasteiger partial charge >= 0.3 is 6.18 Å². The lowest BCUT2D eigenvalue weighted by Crippen LogP contribution is -2.17. The zero-order chi connectivity index (χ0) is 16.1. The fraction of sp³-hybridized carbons (Fsp3) is 0.308. The molecule has 1 aromatic heterocycles. The number of benzene rings is 1. The SMILES string of the molecule is O=S(=O)(C1CC1)n1cc(-c2ccc(C(F)(F)F)cc2O)cn1. The van der Waals surface area contributed by atoms with Gasteiger partial charge in [-0.15, -0.1) is 0 Å². The molecule has 1 saturated carbocycles. The highest BCUT2D eigenvalue weighted by molar-refractivity contribution is 7.90. The van der Waals surface area contributed by atoms with Crippen LogP contribution in [0.15, 0.2) is 30.6 Å². The predicted molar refractivity (Wildman–Crippen MR) is 71.7 cm³/mol. The van der Waals surface area contributed by atoms with Crippen LogP contribution in [0.1, 0.15) is 18.4 Å². The van der Waals surface area contributed by atoms with E-state index in [0.29, 0.717) is 18.9 Å². The van der Waals surface area contributed by atoms with Crippen LogP contribution in [-0.4, -0.2) is 28.0 Å². The molecule has 0 saturated heterocycles. The van der Waals surface area contributed by atoms with E-state index >= 15 is 0 Å². The van der Waals surface area contributed by atoms with Crippen LogP contribution in [0.5, 0.6) is 5.75 Å². The van der Waals surface area contributed by atoms with Crippen LogP contribution < -0.4 is 0 Å². The highest BCUT2D eigenvalue weighted by Gasteiger charge is 2.37. The van der Waals surface area contributed by atoms with Gasteiger partial charge in [0.05, 0.1) is 23.2 Å². The van der Waals surface area contributed by atoms with E-state index in [9.17, 15) is 26.7 Å². The first-order chi connectivity index (χ1) is 10.2. The number of rotatable bonds is 3. The second kappa shape index (κ2) is 4.73. The summed E-state index contributed by atoms with van der Waals surface area (Å²) in [5.74, 6) is -0.585. The summed E-state index contributed by atoms with van der Waals surface area (Å²) in [6.45, 7) is 0. The third kappa shape index (κ3) is 2.56. The summed E-state index contributed by atoms with van der Waals surface area (Å²) < 4.78 is 62.5. The van der Waals surface area contributed by atoms with Gasteiger partial charge in [-0.3, -0.25) is 0 Å². The van der Waals surface area contributed by atoms with Crippen LogP contribution in [-0.2, 0) is 16.2 Å². The average molecular weight is 332 g/mol. The van der Waals surface area contributed by atoms with E-state index in [-0.39, 0.29) is 11.1 Å². The normalized spacial score (nSPS) is 16.0. The van der Waals surface area contributed by atoms with Crippen LogP contribution in [0.4, 0.5) is 13.2 Å². The van der Waals surface area contributed by atoms with Gasteiger partial charge in [0.2, 0.25) is 0 Å². The number of hydrogen-bond donors (Lipinski definition) is 1. The quantitative estimate of drug-likeness (QED) is 0.938. The molecule has 0 bridgehead atoms. The Morgan fingerprint density at radius 3 is 2.50 bits per heavy atom. The summed E-state index contributed by atoms with van der Waals surface area (Å²) in [6, 6.07) is 2.51. The first-order valence-corrected chi connectivity index (χ1v) is 7.89. The van der Waals surface area contributed by atoms with Crippen molar-refractivity contribution in [1.29, 1.82) is 0 Å². The van der Waals surface area contributed by atoms with E-state index in [4.69, 9.17) is 0 Å². The third-order valence-corrected chi connectivity index (χ3v) is 5.44. The Labute approximate surface area is 124 Å². The van der Waals surface area contributed by atoms with Gasteiger partial charge in [-0.2, -0.15) is 22.4 Å². The summed E-state index contributed by atoms with van der Waals surface area (Å²) in [7, 11) is -3.55. The second-order valence-electron chi connectivity index (χ2n) is 5.08. The minimum atomic E-state index is -4.56. The van der Waals surface area contributed by atoms with Crippen LogP contribution in [0.2, 0.25) is 0 Å². The molecule has 22 heavy (non-hydrogen) atoms. The van der Waals surface area contributed by atoms with Gasteiger partial charge in [0.1, 0.15) is 5.75 Å². The Balaban J connectivity index is 1.97. The maximum atomic E-state index is 12.6. The molecular formula is C13H11F3N2O3S. The molecule has 1 aliphatic carbocycles. The number of phenolic OH excluding ortho intramolecular Hbond substituents is 1. The molecule has 118 valence electrons. The van der Waals surface area contributed by atoms with Crippen molar-refractivity contribution in [3.05, 3.63) is 36.2 Å². The Morgan fingerprint density at radius 1 is 1.27 bits per heavy atom. The zero-order valence-electron chi connectivity index (χ0n) is 11.1. The van der Waals surface area contributed by atoms with Crippen LogP contribution in [0.25, 0.3) is 11.1 Å². The van der Waals surface area contributed by atoms with Gasteiger partial charge < -0.3 is 5.11 Å². The highest BCUT2D eigenvalue weighted by atomic mass is 32.2. The summed E-state index contributed by atoms with van der Waals surface area (Å²) >= 11 is 0. The maximum absolute atomic E-state index is 12.6. The molecular weight excluding hydrogens is 321 g/mol. The van der Waals surface area contributed by atoms with E-state index in [1.807, 2.05) is 0 Å². The first kappa shape index (κ1) is 14.9. The number of aromatic nitrogens is 2. The van der Waals surface area contributed by atoms with Crippen molar-refractivity contribution >= 4 is 10.0 Å². The number of alkyl halides is 3. The van der Waals surface area contributed by atoms with Crippen molar-refractivity contribution < 1.29 is 26.7 Å². The monoisotopic (exact) mass is 332 g/mol. The second-order valence-corrected chi connectivity index (χ2v) is 7.15. The fourth-order valence-electron chi connectivity index (χ4n) is 2.05. The van der Waals surface area contributed by atoms with Gasteiger partial charge in [0.25, 0.3) is 10.0 Å². The van der Waals surface area contributed by atoms with Gasteiger partial charge in [-0.05, 0) is 31.0 Å². The lowest BCUT2D eigenvalue weighted by atomic mass is 10.1. The molecule has 0 atom stereocenters. The molecule has 1 N–H and O–H groups in total. The largest absolute Gasteiger partial charge is 0.507 e. The standard InChI is InChI=1S/C13H11F3N2O3S/c14-13(15,16)9-1-4-11(12(19)5-9)8-6-17-18(7-8)22(20,21)10-2-3-10/h1,4-7,10,19H,2-3H2. The van der Waals surface area contributed by atoms with Gasteiger partial charge in [-0.1, -0.05) is 0 Å². The van der Waals surface area contributed by atoms with Crippen molar-refractivity contribution in [2.24, 2.45) is 0 Å². The summed E-state index contributed by atoms with van der Waals surface area (Å²) in [6.07, 6.45) is -1.03. The highest BCUT2D eigenvalue weighted by Crippen LogP contribution is 2.37. The summed E-state index contributed by atoms with van der Waals surface area (Å²) in [5.41, 5.74) is -0.660. The number of halogens is 3. The van der Waals surface area contributed by atoms with E-state index in [2.05, 4.69) is 5.10 Å². The molecule has 0 radical (unpaired) electrons. The Hall–Kier alpha value is -2.03. The first-order valence-electron chi connectivity index (χ1n) is 6.39. The lowest BCUT2D eigenvalue weighted by Gasteiger charge is -2.09. The maximum Gasteiger partial charge on any atom is 0.416 e. The van der Waals surface area contributed by atoms with E-state index in [1.165, 1.54) is 12.4 Å². The van der Waals surface area contributed by atoms with Crippen LogP contribution in [0, 0.1) is 0 Å². The van der Waals surface area contributed by atoms with Crippen molar-refractivity contribution in [1.82, 2.24) is 9.19 Å². The van der Waals surface area contributed by atoms with Crippen molar-refractivity contribution in [3.8, 4) is 16.9 Å². The minimum Gasteiger partial charge on any atom is -0.507 e. The molecule has 1 aliphatic rings. The number of nitrogens with zero attached hydrogens (tertiary/aromatic N) is 2. The topological polar surface area (TPSA) is 72.2 Å². The van der Waals surface area contributed by atoms with Crippen molar-refractivity contribution in [2.75, 3.05) is 0 Å². The lowest BCUT2D eigenvalue weighted by molar-refractivity contribution is -0.137. The Bertz CT molecular complexity index is 823. The van der Waals surface area contributed by atoms with Gasteiger partial charge in [-0.25, -0.2) is 8.42 Å². The molecule has 2 aromatic rings. The van der Waals surface area contributed by atoms with Crippen LogP contribution >= 0.6 is 0 Å². The Morgan fingerprint density at radius 2 is 1.95 bits per heavy atom.